The van der Waals surface area contributed by atoms with Gasteiger partial charge in [-0.15, -0.1) is 0 Å². The highest BCUT2D eigenvalue weighted by atomic mass is 14.9. The second-order valence-electron chi connectivity index (χ2n) is 4.49. The average molecular weight is 236 g/mol. The molecule has 2 rings (SSSR count). The molecule has 1 atom stereocenters. The Kier molecular flexibility index (Phi) is 3.64. The minimum Gasteiger partial charge on any atom is -0.366 e. The highest BCUT2D eigenvalue weighted by Crippen LogP contribution is 2.21. The third-order valence-electron chi connectivity index (χ3n) is 2.79. The summed E-state index contributed by atoms with van der Waals surface area (Å²) >= 11 is 0. The van der Waals surface area contributed by atoms with Gasteiger partial charge in [0, 0.05) is 5.69 Å². The SMILES string of the molecule is Cc1cc(C)cc(C(C#N)Nc2ccccc2)c1. The van der Waals surface area contributed by atoms with Crippen LogP contribution in [0.4, 0.5) is 5.69 Å². The Hall–Kier alpha value is -2.27. The molecule has 0 saturated carbocycles. The van der Waals surface area contributed by atoms with E-state index in [4.69, 9.17) is 0 Å². The maximum Gasteiger partial charge on any atom is 0.140 e. The zero-order valence-electron chi connectivity index (χ0n) is 10.6. The van der Waals surface area contributed by atoms with Crippen molar-refractivity contribution in [3.05, 3.63) is 65.2 Å². The minimum absolute atomic E-state index is 0.314. The van der Waals surface area contributed by atoms with Gasteiger partial charge in [-0.3, -0.25) is 0 Å². The van der Waals surface area contributed by atoms with E-state index < -0.39 is 0 Å². The summed E-state index contributed by atoms with van der Waals surface area (Å²) in [7, 11) is 0. The lowest BCUT2D eigenvalue weighted by atomic mass is 10.0. The molecule has 0 radical (unpaired) electrons. The number of benzene rings is 2. The third kappa shape index (κ3) is 2.89. The van der Waals surface area contributed by atoms with Crippen LogP contribution in [-0.2, 0) is 0 Å². The number of para-hydroxylation sites is 1. The second-order valence-corrected chi connectivity index (χ2v) is 4.49. The number of rotatable bonds is 3. The molecular formula is C16H16N2. The molecule has 2 heteroatoms. The van der Waals surface area contributed by atoms with Gasteiger partial charge < -0.3 is 5.32 Å². The van der Waals surface area contributed by atoms with Gasteiger partial charge in [0.25, 0.3) is 0 Å². The highest BCUT2D eigenvalue weighted by Gasteiger charge is 2.10. The van der Waals surface area contributed by atoms with E-state index in [0.717, 1.165) is 11.3 Å². The quantitative estimate of drug-likeness (QED) is 0.875. The van der Waals surface area contributed by atoms with Gasteiger partial charge in [-0.1, -0.05) is 47.5 Å². The Balaban J connectivity index is 2.26. The van der Waals surface area contributed by atoms with E-state index in [-0.39, 0.29) is 6.04 Å². The Labute approximate surface area is 108 Å². The average Bonchev–Trinajstić information content (AvgIpc) is 2.36. The lowest BCUT2D eigenvalue weighted by Gasteiger charge is -2.14. The maximum absolute atomic E-state index is 9.31. The number of aryl methyl sites for hydroxylation is 2. The fourth-order valence-electron chi connectivity index (χ4n) is 2.07. The zero-order chi connectivity index (χ0) is 13.0. The van der Waals surface area contributed by atoms with Crippen molar-refractivity contribution in [1.29, 1.82) is 5.26 Å². The first-order valence-electron chi connectivity index (χ1n) is 5.98. The van der Waals surface area contributed by atoms with Crippen LogP contribution >= 0.6 is 0 Å². The normalized spacial score (nSPS) is 11.6. The van der Waals surface area contributed by atoms with Gasteiger partial charge in [-0.2, -0.15) is 5.26 Å². The van der Waals surface area contributed by atoms with Gasteiger partial charge in [0.15, 0.2) is 0 Å². The van der Waals surface area contributed by atoms with E-state index in [1.807, 2.05) is 44.2 Å². The summed E-state index contributed by atoms with van der Waals surface area (Å²) in [6.45, 7) is 4.10. The topological polar surface area (TPSA) is 35.8 Å². The van der Waals surface area contributed by atoms with Crippen molar-refractivity contribution >= 4 is 5.69 Å². The lowest BCUT2D eigenvalue weighted by molar-refractivity contribution is 0.990. The van der Waals surface area contributed by atoms with Crippen LogP contribution in [0.3, 0.4) is 0 Å². The van der Waals surface area contributed by atoms with E-state index in [0.29, 0.717) is 0 Å². The van der Waals surface area contributed by atoms with Gasteiger partial charge in [0.2, 0.25) is 0 Å². The fraction of sp³-hybridized carbons (Fsp3) is 0.188. The number of hydrogen-bond acceptors (Lipinski definition) is 2. The molecule has 18 heavy (non-hydrogen) atoms. The van der Waals surface area contributed by atoms with Gasteiger partial charge in [0.05, 0.1) is 6.07 Å². The maximum atomic E-state index is 9.31. The number of hydrogen-bond donors (Lipinski definition) is 1. The smallest absolute Gasteiger partial charge is 0.140 e. The number of anilines is 1. The van der Waals surface area contributed by atoms with Crippen LogP contribution in [0.15, 0.2) is 48.5 Å². The van der Waals surface area contributed by atoms with Gasteiger partial charge in [0.1, 0.15) is 6.04 Å². The first kappa shape index (κ1) is 12.2. The molecule has 0 fully saturated rings. The summed E-state index contributed by atoms with van der Waals surface area (Å²) in [6.07, 6.45) is 0. The van der Waals surface area contributed by atoms with Gasteiger partial charge in [-0.05, 0) is 31.5 Å². The molecule has 2 aromatic rings. The molecule has 90 valence electrons. The van der Waals surface area contributed by atoms with Crippen LogP contribution in [0.1, 0.15) is 22.7 Å². The van der Waals surface area contributed by atoms with Crippen molar-refractivity contribution in [2.75, 3.05) is 5.32 Å². The van der Waals surface area contributed by atoms with Crippen molar-refractivity contribution in [2.24, 2.45) is 0 Å². The summed E-state index contributed by atoms with van der Waals surface area (Å²) in [4.78, 5) is 0. The second kappa shape index (κ2) is 5.37. The molecular weight excluding hydrogens is 220 g/mol. The van der Waals surface area contributed by atoms with Crippen LogP contribution in [0.5, 0.6) is 0 Å². The Morgan fingerprint density at radius 3 is 2.17 bits per heavy atom. The van der Waals surface area contributed by atoms with E-state index in [9.17, 15) is 5.26 Å². The number of nitrogens with one attached hydrogen (secondary N) is 1. The predicted octanol–water partition coefficient (Wildman–Crippen LogP) is 3.98. The number of nitriles is 1. The van der Waals surface area contributed by atoms with E-state index in [2.05, 4.69) is 29.6 Å². The molecule has 0 aliphatic heterocycles. The zero-order valence-corrected chi connectivity index (χ0v) is 10.6. The summed E-state index contributed by atoms with van der Waals surface area (Å²) in [6, 6.07) is 18.0. The molecule has 0 aromatic heterocycles. The molecule has 2 aromatic carbocycles. The molecule has 0 saturated heterocycles. The largest absolute Gasteiger partial charge is 0.366 e. The van der Waals surface area contributed by atoms with E-state index in [1.165, 1.54) is 11.1 Å². The van der Waals surface area contributed by atoms with Crippen molar-refractivity contribution in [3.8, 4) is 6.07 Å². The third-order valence-corrected chi connectivity index (χ3v) is 2.79. The van der Waals surface area contributed by atoms with Crippen LogP contribution < -0.4 is 5.32 Å². The van der Waals surface area contributed by atoms with E-state index in [1.54, 1.807) is 0 Å². The van der Waals surface area contributed by atoms with Crippen LogP contribution in [0.2, 0.25) is 0 Å². The monoisotopic (exact) mass is 236 g/mol. The Morgan fingerprint density at radius 1 is 1.00 bits per heavy atom. The van der Waals surface area contributed by atoms with Gasteiger partial charge in [-0.25, -0.2) is 0 Å². The summed E-state index contributed by atoms with van der Waals surface area (Å²) in [5.41, 5.74) is 4.34. The first-order chi connectivity index (χ1) is 8.69. The van der Waals surface area contributed by atoms with Crippen LogP contribution in [0, 0.1) is 25.2 Å². The van der Waals surface area contributed by atoms with Crippen LogP contribution in [0.25, 0.3) is 0 Å². The standard InChI is InChI=1S/C16H16N2/c1-12-8-13(2)10-14(9-12)16(11-17)18-15-6-4-3-5-7-15/h3-10,16,18H,1-2H3. The fourth-order valence-corrected chi connectivity index (χ4v) is 2.07. The first-order valence-corrected chi connectivity index (χ1v) is 5.98. The summed E-state index contributed by atoms with van der Waals surface area (Å²) in [5, 5.41) is 12.5. The predicted molar refractivity (Wildman–Crippen MR) is 74.3 cm³/mol. The van der Waals surface area contributed by atoms with E-state index >= 15 is 0 Å². The molecule has 0 aliphatic rings. The molecule has 0 heterocycles. The van der Waals surface area contributed by atoms with Crippen molar-refractivity contribution in [3.63, 3.8) is 0 Å². The van der Waals surface area contributed by atoms with Gasteiger partial charge >= 0.3 is 0 Å². The number of nitrogens with zero attached hydrogens (tertiary/aromatic N) is 1. The summed E-state index contributed by atoms with van der Waals surface area (Å²) < 4.78 is 0. The lowest BCUT2D eigenvalue weighted by Crippen LogP contribution is -2.08. The van der Waals surface area contributed by atoms with Crippen molar-refractivity contribution in [1.82, 2.24) is 0 Å². The molecule has 0 bridgehead atoms. The van der Waals surface area contributed by atoms with Crippen molar-refractivity contribution in [2.45, 2.75) is 19.9 Å². The summed E-state index contributed by atoms with van der Waals surface area (Å²) in [5.74, 6) is 0. The Bertz CT molecular complexity index is 547. The molecule has 1 N–H and O–H groups in total. The van der Waals surface area contributed by atoms with Crippen molar-refractivity contribution < 1.29 is 0 Å². The highest BCUT2D eigenvalue weighted by molar-refractivity contribution is 5.48. The molecule has 0 amide bonds. The Morgan fingerprint density at radius 2 is 1.61 bits per heavy atom. The minimum atomic E-state index is -0.314. The molecule has 0 aliphatic carbocycles. The molecule has 2 nitrogen and oxygen atoms in total. The van der Waals surface area contributed by atoms with Crippen LogP contribution in [-0.4, -0.2) is 0 Å². The molecule has 0 spiro atoms. The molecule has 1 unspecified atom stereocenters.